The van der Waals surface area contributed by atoms with Gasteiger partial charge in [0, 0.05) is 5.56 Å². The van der Waals surface area contributed by atoms with Crippen LogP contribution in [-0.2, 0) is 11.3 Å². The monoisotopic (exact) mass is 288 g/mol. The van der Waals surface area contributed by atoms with Crippen LogP contribution in [0.3, 0.4) is 0 Å². The van der Waals surface area contributed by atoms with Gasteiger partial charge >= 0.3 is 0 Å². The number of hydrogen-bond donors (Lipinski definition) is 1. The minimum Gasteiger partial charge on any atom is -0.410 e. The van der Waals surface area contributed by atoms with Gasteiger partial charge in [0.15, 0.2) is 5.71 Å². The van der Waals surface area contributed by atoms with Gasteiger partial charge < -0.3 is 10.1 Å². The predicted molar refractivity (Wildman–Crippen MR) is 72.3 cm³/mol. The lowest BCUT2D eigenvalue weighted by Crippen LogP contribution is -2.29. The van der Waals surface area contributed by atoms with Crippen LogP contribution in [0.5, 0.6) is 0 Å². The first kappa shape index (κ1) is 13.2. The summed E-state index contributed by atoms with van der Waals surface area (Å²) >= 11 is 0. The molecule has 0 saturated heterocycles. The van der Waals surface area contributed by atoms with Crippen LogP contribution in [0, 0.1) is 11.6 Å². The van der Waals surface area contributed by atoms with Gasteiger partial charge in [0.2, 0.25) is 0 Å². The molecule has 21 heavy (non-hydrogen) atoms. The maximum absolute atomic E-state index is 13.3. The van der Waals surface area contributed by atoms with E-state index < -0.39 is 17.5 Å². The standard InChI is InChI=1S/C15H10F2N2O2/c16-10-3-1-2-9(6-10)8-19-13-5-4-11(17)7-12(13)14(18-21)15(19)20/h1-7,21H,8H2/b18-14-. The van der Waals surface area contributed by atoms with Gasteiger partial charge in [-0.25, -0.2) is 8.78 Å². The number of fused-ring (bicyclic) bond motifs is 1. The van der Waals surface area contributed by atoms with Crippen LogP contribution < -0.4 is 4.90 Å². The second-order valence-corrected chi connectivity index (χ2v) is 4.63. The molecule has 1 amide bonds. The summed E-state index contributed by atoms with van der Waals surface area (Å²) in [5, 5.41) is 11.9. The Morgan fingerprint density at radius 2 is 1.86 bits per heavy atom. The van der Waals surface area contributed by atoms with Crippen LogP contribution in [0.15, 0.2) is 47.6 Å². The number of halogens is 2. The summed E-state index contributed by atoms with van der Waals surface area (Å²) in [5.41, 5.74) is 1.01. The van der Waals surface area contributed by atoms with Crippen LogP contribution in [0.1, 0.15) is 11.1 Å². The van der Waals surface area contributed by atoms with Crippen molar-refractivity contribution in [2.45, 2.75) is 6.54 Å². The third kappa shape index (κ3) is 2.24. The minimum atomic E-state index is -0.553. The lowest BCUT2D eigenvalue weighted by Gasteiger charge is -2.16. The zero-order valence-electron chi connectivity index (χ0n) is 10.8. The van der Waals surface area contributed by atoms with Crippen LogP contribution in [-0.4, -0.2) is 16.8 Å². The molecule has 1 heterocycles. The van der Waals surface area contributed by atoms with Crippen molar-refractivity contribution in [3.8, 4) is 0 Å². The SMILES string of the molecule is O=C1/C(=N\O)c2cc(F)ccc2N1Cc1cccc(F)c1. The van der Waals surface area contributed by atoms with Crippen molar-refractivity contribution in [1.29, 1.82) is 0 Å². The van der Waals surface area contributed by atoms with E-state index in [9.17, 15) is 13.6 Å². The summed E-state index contributed by atoms with van der Waals surface area (Å²) in [6.07, 6.45) is 0. The number of hydrogen-bond acceptors (Lipinski definition) is 3. The fourth-order valence-electron chi connectivity index (χ4n) is 2.36. The Kier molecular flexibility index (Phi) is 3.13. The number of carbonyl (C=O) groups excluding carboxylic acids is 1. The molecule has 1 aliphatic rings. The zero-order valence-corrected chi connectivity index (χ0v) is 10.8. The van der Waals surface area contributed by atoms with Crippen molar-refractivity contribution in [1.82, 2.24) is 0 Å². The number of oxime groups is 1. The highest BCUT2D eigenvalue weighted by Crippen LogP contribution is 2.31. The van der Waals surface area contributed by atoms with Crippen LogP contribution in [0.25, 0.3) is 0 Å². The molecule has 6 heteroatoms. The predicted octanol–water partition coefficient (Wildman–Crippen LogP) is 2.69. The Balaban J connectivity index is 2.02. The number of rotatable bonds is 2. The molecule has 1 aliphatic heterocycles. The van der Waals surface area contributed by atoms with E-state index in [0.717, 1.165) is 6.07 Å². The molecule has 3 rings (SSSR count). The second-order valence-electron chi connectivity index (χ2n) is 4.63. The second kappa shape index (κ2) is 4.97. The first-order valence-corrected chi connectivity index (χ1v) is 6.18. The Morgan fingerprint density at radius 1 is 1.10 bits per heavy atom. The molecule has 0 radical (unpaired) electrons. The molecule has 0 bridgehead atoms. The average Bonchev–Trinajstić information content (AvgIpc) is 2.70. The van der Waals surface area contributed by atoms with E-state index in [4.69, 9.17) is 5.21 Å². The van der Waals surface area contributed by atoms with Gasteiger partial charge in [-0.2, -0.15) is 0 Å². The van der Waals surface area contributed by atoms with E-state index in [1.54, 1.807) is 6.07 Å². The summed E-state index contributed by atoms with van der Waals surface area (Å²) in [5.74, 6) is -1.49. The van der Waals surface area contributed by atoms with Gasteiger partial charge in [-0.3, -0.25) is 4.79 Å². The van der Waals surface area contributed by atoms with Gasteiger partial charge in [0.05, 0.1) is 12.2 Å². The average molecular weight is 288 g/mol. The van der Waals surface area contributed by atoms with E-state index in [0.29, 0.717) is 11.3 Å². The lowest BCUT2D eigenvalue weighted by atomic mass is 10.1. The quantitative estimate of drug-likeness (QED) is 0.682. The number of benzene rings is 2. The third-order valence-electron chi connectivity index (χ3n) is 3.28. The smallest absolute Gasteiger partial charge is 0.281 e. The molecule has 4 nitrogen and oxygen atoms in total. The number of amides is 1. The van der Waals surface area contributed by atoms with E-state index in [-0.39, 0.29) is 17.8 Å². The molecule has 0 fully saturated rings. The normalized spacial score (nSPS) is 15.6. The number of anilines is 1. The molecule has 0 aliphatic carbocycles. The topological polar surface area (TPSA) is 52.9 Å². The largest absolute Gasteiger partial charge is 0.410 e. The molecular formula is C15H10F2N2O2. The van der Waals surface area contributed by atoms with E-state index >= 15 is 0 Å². The van der Waals surface area contributed by atoms with Gasteiger partial charge in [-0.15, -0.1) is 0 Å². The Bertz CT molecular complexity index is 759. The third-order valence-corrected chi connectivity index (χ3v) is 3.28. The molecule has 0 atom stereocenters. The summed E-state index contributed by atoms with van der Waals surface area (Å²) in [4.78, 5) is 13.5. The van der Waals surface area contributed by atoms with Crippen molar-refractivity contribution in [2.24, 2.45) is 5.16 Å². The molecule has 2 aromatic rings. The van der Waals surface area contributed by atoms with Gasteiger partial charge in [-0.1, -0.05) is 17.3 Å². The number of nitrogens with zero attached hydrogens (tertiary/aromatic N) is 2. The lowest BCUT2D eigenvalue weighted by molar-refractivity contribution is -0.112. The van der Waals surface area contributed by atoms with Crippen LogP contribution >= 0.6 is 0 Å². The molecule has 0 spiro atoms. The summed E-state index contributed by atoms with van der Waals surface area (Å²) < 4.78 is 26.5. The molecule has 0 aromatic heterocycles. The summed E-state index contributed by atoms with van der Waals surface area (Å²) in [6.45, 7) is 0.105. The van der Waals surface area contributed by atoms with Gasteiger partial charge in [0.25, 0.3) is 5.91 Å². The van der Waals surface area contributed by atoms with Gasteiger partial charge in [-0.05, 0) is 35.9 Å². The molecule has 2 aromatic carbocycles. The molecule has 106 valence electrons. The molecule has 0 saturated carbocycles. The minimum absolute atomic E-state index is 0.105. The van der Waals surface area contributed by atoms with Gasteiger partial charge in [0.1, 0.15) is 11.6 Å². The molecule has 0 unspecified atom stereocenters. The van der Waals surface area contributed by atoms with Crippen molar-refractivity contribution < 1.29 is 18.8 Å². The van der Waals surface area contributed by atoms with Crippen LogP contribution in [0.2, 0.25) is 0 Å². The molecule has 1 N–H and O–H groups in total. The first-order valence-electron chi connectivity index (χ1n) is 6.18. The summed E-state index contributed by atoms with van der Waals surface area (Å²) in [6, 6.07) is 9.61. The Labute approximate surface area is 118 Å². The maximum Gasteiger partial charge on any atom is 0.281 e. The van der Waals surface area contributed by atoms with Crippen molar-refractivity contribution >= 4 is 17.3 Å². The van der Waals surface area contributed by atoms with E-state index in [1.165, 1.54) is 35.2 Å². The van der Waals surface area contributed by atoms with E-state index in [1.807, 2.05) is 0 Å². The molecular weight excluding hydrogens is 278 g/mol. The van der Waals surface area contributed by atoms with Crippen molar-refractivity contribution in [2.75, 3.05) is 4.90 Å². The highest BCUT2D eigenvalue weighted by Gasteiger charge is 2.34. The summed E-state index contributed by atoms with van der Waals surface area (Å²) in [7, 11) is 0. The highest BCUT2D eigenvalue weighted by atomic mass is 19.1. The maximum atomic E-state index is 13.3. The van der Waals surface area contributed by atoms with E-state index in [2.05, 4.69) is 5.16 Å². The van der Waals surface area contributed by atoms with Crippen LogP contribution in [0.4, 0.5) is 14.5 Å². The zero-order chi connectivity index (χ0) is 15.0. The fraction of sp³-hybridized carbons (Fsp3) is 0.0667. The van der Waals surface area contributed by atoms with Crippen molar-refractivity contribution in [3.05, 3.63) is 65.2 Å². The number of carbonyl (C=O) groups is 1. The highest BCUT2D eigenvalue weighted by molar-refractivity contribution is 6.54. The first-order chi connectivity index (χ1) is 10.1. The van der Waals surface area contributed by atoms with Crippen molar-refractivity contribution in [3.63, 3.8) is 0 Å². The Hall–Kier alpha value is -2.76. The Morgan fingerprint density at radius 3 is 2.57 bits per heavy atom. The fourth-order valence-corrected chi connectivity index (χ4v) is 2.36.